The predicted octanol–water partition coefficient (Wildman–Crippen LogP) is 3.60. The lowest BCUT2D eigenvalue weighted by Crippen LogP contribution is -2.49. The summed E-state index contributed by atoms with van der Waals surface area (Å²) in [6, 6.07) is 3.77. The van der Waals surface area contributed by atoms with Crippen molar-refractivity contribution in [3.05, 3.63) is 24.2 Å². The zero-order valence-electron chi connectivity index (χ0n) is 17.3. The van der Waals surface area contributed by atoms with Crippen molar-refractivity contribution in [3.63, 3.8) is 0 Å². The van der Waals surface area contributed by atoms with E-state index in [-0.39, 0.29) is 36.4 Å². The summed E-state index contributed by atoms with van der Waals surface area (Å²) in [7, 11) is 0. The van der Waals surface area contributed by atoms with Crippen LogP contribution in [0.3, 0.4) is 0 Å². The van der Waals surface area contributed by atoms with Crippen LogP contribution in [-0.2, 0) is 20.9 Å². The zero-order chi connectivity index (χ0) is 19.9. The number of furan rings is 1. The molecule has 1 saturated carbocycles. The van der Waals surface area contributed by atoms with Crippen LogP contribution in [0.15, 0.2) is 22.8 Å². The van der Waals surface area contributed by atoms with Gasteiger partial charge in [0, 0.05) is 25.1 Å². The van der Waals surface area contributed by atoms with Crippen molar-refractivity contribution in [3.8, 4) is 0 Å². The molecular weight excluding hydrogens is 356 g/mol. The van der Waals surface area contributed by atoms with Crippen molar-refractivity contribution in [2.24, 2.45) is 5.92 Å². The maximum absolute atomic E-state index is 13.2. The summed E-state index contributed by atoms with van der Waals surface area (Å²) in [5, 5.41) is 0. The zero-order valence-corrected chi connectivity index (χ0v) is 17.3. The molecule has 2 fully saturated rings. The second-order valence-corrected chi connectivity index (χ2v) is 8.19. The first-order chi connectivity index (χ1) is 13.6. The highest BCUT2D eigenvalue weighted by atomic mass is 16.5. The molecule has 1 aromatic heterocycles. The first kappa shape index (κ1) is 20.9. The predicted molar refractivity (Wildman–Crippen MR) is 107 cm³/mol. The fourth-order valence-electron chi connectivity index (χ4n) is 4.20. The normalized spacial score (nSPS) is 21.0. The topological polar surface area (TPSA) is 63.0 Å². The lowest BCUT2D eigenvalue weighted by atomic mass is 10.0. The fourth-order valence-corrected chi connectivity index (χ4v) is 4.20. The molecule has 28 heavy (non-hydrogen) atoms. The minimum atomic E-state index is -0.0291. The number of hydrogen-bond donors (Lipinski definition) is 0. The Hall–Kier alpha value is -1.82. The number of hydrogen-bond acceptors (Lipinski definition) is 4. The number of nitrogens with zero attached hydrogens (tertiary/aromatic N) is 2. The molecule has 0 bridgehead atoms. The van der Waals surface area contributed by atoms with Crippen LogP contribution in [0.5, 0.6) is 0 Å². The molecule has 2 atom stereocenters. The Morgan fingerprint density at radius 3 is 2.61 bits per heavy atom. The van der Waals surface area contributed by atoms with Crippen molar-refractivity contribution in [1.29, 1.82) is 0 Å². The summed E-state index contributed by atoms with van der Waals surface area (Å²) in [5.41, 5.74) is 0. The third-order valence-electron chi connectivity index (χ3n) is 6.14. The molecule has 6 nitrogen and oxygen atoms in total. The SMILES string of the molecule is CCC(C)N(CC(=O)N(Cc1ccco1)CC1CCCO1)C(=O)C1CCCC1. The van der Waals surface area contributed by atoms with E-state index >= 15 is 0 Å². The van der Waals surface area contributed by atoms with E-state index in [0.717, 1.165) is 57.3 Å². The van der Waals surface area contributed by atoms with Crippen molar-refractivity contribution in [2.75, 3.05) is 19.7 Å². The largest absolute Gasteiger partial charge is 0.467 e. The van der Waals surface area contributed by atoms with Crippen LogP contribution in [-0.4, -0.2) is 53.5 Å². The molecule has 1 aliphatic heterocycles. The van der Waals surface area contributed by atoms with Gasteiger partial charge < -0.3 is 19.0 Å². The standard InChI is InChI=1S/C22H34N2O4/c1-3-17(2)24(22(26)18-8-4-5-9-18)16-21(25)23(14-19-10-6-12-27-19)15-20-11-7-13-28-20/h6,10,12,17-18,20H,3-5,7-9,11,13-16H2,1-2H3. The fraction of sp³-hybridized carbons (Fsp3) is 0.727. The second-order valence-electron chi connectivity index (χ2n) is 8.19. The Morgan fingerprint density at radius 1 is 1.21 bits per heavy atom. The molecule has 6 heteroatoms. The molecule has 1 saturated heterocycles. The van der Waals surface area contributed by atoms with Crippen LogP contribution in [0, 0.1) is 5.92 Å². The first-order valence-corrected chi connectivity index (χ1v) is 10.8. The highest BCUT2D eigenvalue weighted by Gasteiger charge is 2.32. The van der Waals surface area contributed by atoms with E-state index in [2.05, 4.69) is 6.92 Å². The Labute approximate surface area is 168 Å². The minimum Gasteiger partial charge on any atom is -0.467 e. The molecule has 2 unspecified atom stereocenters. The highest BCUT2D eigenvalue weighted by Crippen LogP contribution is 2.27. The van der Waals surface area contributed by atoms with Crippen molar-refractivity contribution >= 4 is 11.8 Å². The average molecular weight is 391 g/mol. The van der Waals surface area contributed by atoms with Gasteiger partial charge in [-0.15, -0.1) is 0 Å². The van der Waals surface area contributed by atoms with E-state index in [4.69, 9.17) is 9.15 Å². The van der Waals surface area contributed by atoms with Crippen molar-refractivity contribution in [1.82, 2.24) is 9.80 Å². The van der Waals surface area contributed by atoms with E-state index in [0.29, 0.717) is 13.1 Å². The van der Waals surface area contributed by atoms with Gasteiger partial charge in [0.15, 0.2) is 0 Å². The molecule has 0 spiro atoms. The molecule has 2 heterocycles. The minimum absolute atomic E-state index is 0.0291. The van der Waals surface area contributed by atoms with Crippen molar-refractivity contribution < 1.29 is 18.7 Å². The maximum Gasteiger partial charge on any atom is 0.242 e. The molecular formula is C22H34N2O4. The van der Waals surface area contributed by atoms with Gasteiger partial charge in [0.05, 0.1) is 18.9 Å². The Kier molecular flexibility index (Phi) is 7.54. The summed E-state index contributed by atoms with van der Waals surface area (Å²) >= 11 is 0. The van der Waals surface area contributed by atoms with E-state index in [9.17, 15) is 9.59 Å². The lowest BCUT2D eigenvalue weighted by molar-refractivity contribution is -0.146. The Balaban J connectivity index is 1.69. The van der Waals surface area contributed by atoms with Gasteiger partial charge in [-0.1, -0.05) is 19.8 Å². The summed E-state index contributed by atoms with van der Waals surface area (Å²) in [4.78, 5) is 29.9. The molecule has 2 aliphatic rings. The van der Waals surface area contributed by atoms with Gasteiger partial charge in [0.1, 0.15) is 12.3 Å². The number of ether oxygens (including phenoxy) is 1. The molecule has 1 aliphatic carbocycles. The number of amides is 2. The van der Waals surface area contributed by atoms with Gasteiger partial charge in [-0.3, -0.25) is 9.59 Å². The molecule has 156 valence electrons. The average Bonchev–Trinajstić information content (AvgIpc) is 3.47. The van der Waals surface area contributed by atoms with Crippen LogP contribution >= 0.6 is 0 Å². The monoisotopic (exact) mass is 390 g/mol. The van der Waals surface area contributed by atoms with Crippen LogP contribution in [0.1, 0.15) is 64.6 Å². The van der Waals surface area contributed by atoms with E-state index in [1.807, 2.05) is 24.0 Å². The second kappa shape index (κ2) is 10.1. The molecule has 1 aromatic rings. The number of carbonyl (C=O) groups excluding carboxylic acids is 2. The van der Waals surface area contributed by atoms with E-state index < -0.39 is 0 Å². The summed E-state index contributed by atoms with van der Waals surface area (Å²) in [6.07, 6.45) is 8.67. The van der Waals surface area contributed by atoms with Gasteiger partial charge in [-0.25, -0.2) is 0 Å². The van der Waals surface area contributed by atoms with Gasteiger partial charge in [-0.2, -0.15) is 0 Å². The molecule has 0 N–H and O–H groups in total. The quantitative estimate of drug-likeness (QED) is 0.646. The van der Waals surface area contributed by atoms with E-state index in [1.165, 1.54) is 0 Å². The molecule has 3 rings (SSSR count). The van der Waals surface area contributed by atoms with Gasteiger partial charge >= 0.3 is 0 Å². The summed E-state index contributed by atoms with van der Waals surface area (Å²) in [6.45, 7) is 5.96. The molecule has 2 amide bonds. The van der Waals surface area contributed by atoms with Crippen LogP contribution in [0.25, 0.3) is 0 Å². The van der Waals surface area contributed by atoms with E-state index in [1.54, 1.807) is 11.2 Å². The van der Waals surface area contributed by atoms with Crippen LogP contribution < -0.4 is 0 Å². The first-order valence-electron chi connectivity index (χ1n) is 10.8. The van der Waals surface area contributed by atoms with Crippen LogP contribution in [0.4, 0.5) is 0 Å². The molecule has 0 radical (unpaired) electrons. The van der Waals surface area contributed by atoms with Gasteiger partial charge in [0.25, 0.3) is 0 Å². The summed E-state index contributed by atoms with van der Waals surface area (Å²) < 4.78 is 11.2. The van der Waals surface area contributed by atoms with Gasteiger partial charge in [-0.05, 0) is 51.2 Å². The number of rotatable bonds is 9. The Bertz CT molecular complexity index is 618. The third kappa shape index (κ3) is 5.37. The van der Waals surface area contributed by atoms with Crippen LogP contribution in [0.2, 0.25) is 0 Å². The smallest absolute Gasteiger partial charge is 0.242 e. The maximum atomic E-state index is 13.2. The molecule has 0 aromatic carbocycles. The lowest BCUT2D eigenvalue weighted by Gasteiger charge is -2.33. The van der Waals surface area contributed by atoms with Gasteiger partial charge in [0.2, 0.25) is 11.8 Å². The number of carbonyl (C=O) groups is 2. The third-order valence-corrected chi connectivity index (χ3v) is 6.14. The summed E-state index contributed by atoms with van der Waals surface area (Å²) in [5.74, 6) is 0.954. The highest BCUT2D eigenvalue weighted by molar-refractivity contribution is 5.86. The van der Waals surface area contributed by atoms with Crippen molar-refractivity contribution in [2.45, 2.75) is 77.5 Å². The Morgan fingerprint density at radius 2 is 2.00 bits per heavy atom.